The summed E-state index contributed by atoms with van der Waals surface area (Å²) in [6, 6.07) is 5.06. The normalized spacial score (nSPS) is 18.8. The van der Waals surface area contributed by atoms with E-state index in [0.29, 0.717) is 24.4 Å². The maximum absolute atomic E-state index is 12.2. The highest BCUT2D eigenvalue weighted by molar-refractivity contribution is 6.31. The lowest BCUT2D eigenvalue weighted by atomic mass is 9.96. The van der Waals surface area contributed by atoms with Crippen molar-refractivity contribution in [3.63, 3.8) is 0 Å². The smallest absolute Gasteiger partial charge is 0.407 e. The third-order valence-electron chi connectivity index (χ3n) is 4.39. The second-order valence-corrected chi connectivity index (χ2v) is 7.93. The standard InChI is InChI=1S/C19H27ClN2O4/c1-12-13(6-5-7-14(12)20)17(24)15-8-9-16(23)22(15)11-10-21-18(25)26-19(2,3)4/h5-7,15,17,24H,8-11H2,1-4H3,(H,21,25)/t15-,17?/m0/s1. The molecule has 7 heteroatoms. The Labute approximate surface area is 159 Å². The second-order valence-electron chi connectivity index (χ2n) is 7.52. The molecule has 2 rings (SSSR count). The lowest BCUT2D eigenvalue weighted by molar-refractivity contribution is -0.130. The number of hydrogen-bond acceptors (Lipinski definition) is 4. The van der Waals surface area contributed by atoms with E-state index in [1.165, 1.54) is 0 Å². The summed E-state index contributed by atoms with van der Waals surface area (Å²) in [5.74, 6) is -0.0280. The van der Waals surface area contributed by atoms with Gasteiger partial charge in [0.1, 0.15) is 5.60 Å². The first kappa shape index (κ1) is 20.5. The first-order valence-corrected chi connectivity index (χ1v) is 9.17. The predicted molar refractivity (Wildman–Crippen MR) is 100 cm³/mol. The van der Waals surface area contributed by atoms with Crippen molar-refractivity contribution >= 4 is 23.6 Å². The Morgan fingerprint density at radius 2 is 2.15 bits per heavy atom. The van der Waals surface area contributed by atoms with E-state index in [0.717, 1.165) is 11.1 Å². The molecule has 1 aliphatic rings. The molecular formula is C19H27ClN2O4. The maximum Gasteiger partial charge on any atom is 0.407 e. The number of halogens is 1. The number of benzene rings is 1. The van der Waals surface area contributed by atoms with Crippen molar-refractivity contribution in [1.29, 1.82) is 0 Å². The van der Waals surface area contributed by atoms with Crippen LogP contribution in [0.2, 0.25) is 5.02 Å². The first-order chi connectivity index (χ1) is 12.1. The lowest BCUT2D eigenvalue weighted by Gasteiger charge is -2.30. The van der Waals surface area contributed by atoms with Gasteiger partial charge < -0.3 is 20.1 Å². The number of likely N-dealkylation sites (tertiary alicyclic amines) is 1. The van der Waals surface area contributed by atoms with E-state index in [1.54, 1.807) is 37.8 Å². The van der Waals surface area contributed by atoms with Crippen LogP contribution in [0.3, 0.4) is 0 Å². The van der Waals surface area contributed by atoms with Gasteiger partial charge in [0.05, 0.1) is 12.1 Å². The zero-order valence-electron chi connectivity index (χ0n) is 15.7. The molecule has 0 radical (unpaired) electrons. The molecule has 26 heavy (non-hydrogen) atoms. The highest BCUT2D eigenvalue weighted by Crippen LogP contribution is 2.33. The van der Waals surface area contributed by atoms with E-state index >= 15 is 0 Å². The zero-order chi connectivity index (χ0) is 19.5. The van der Waals surface area contributed by atoms with Gasteiger partial charge in [-0.05, 0) is 51.3 Å². The topological polar surface area (TPSA) is 78.9 Å². The highest BCUT2D eigenvalue weighted by atomic mass is 35.5. The van der Waals surface area contributed by atoms with Gasteiger partial charge in [0.25, 0.3) is 0 Å². The quantitative estimate of drug-likeness (QED) is 0.819. The highest BCUT2D eigenvalue weighted by Gasteiger charge is 2.36. The van der Waals surface area contributed by atoms with E-state index in [-0.39, 0.29) is 18.5 Å². The minimum Gasteiger partial charge on any atom is -0.444 e. The van der Waals surface area contributed by atoms with Crippen LogP contribution in [0.25, 0.3) is 0 Å². The minimum absolute atomic E-state index is 0.0280. The number of hydrogen-bond donors (Lipinski definition) is 2. The summed E-state index contributed by atoms with van der Waals surface area (Å²) < 4.78 is 5.18. The number of ether oxygens (including phenoxy) is 1. The van der Waals surface area contributed by atoms with Crippen LogP contribution in [0.4, 0.5) is 4.79 Å². The van der Waals surface area contributed by atoms with Crippen molar-refractivity contribution in [2.45, 2.75) is 58.3 Å². The van der Waals surface area contributed by atoms with E-state index in [1.807, 2.05) is 13.0 Å². The largest absolute Gasteiger partial charge is 0.444 e. The second kappa shape index (κ2) is 8.27. The molecule has 144 valence electrons. The zero-order valence-corrected chi connectivity index (χ0v) is 16.5. The van der Waals surface area contributed by atoms with Crippen LogP contribution >= 0.6 is 11.6 Å². The SMILES string of the molecule is Cc1c(Cl)cccc1C(O)[C@@H]1CCC(=O)N1CCNC(=O)OC(C)(C)C. The Morgan fingerprint density at radius 1 is 1.46 bits per heavy atom. The number of aliphatic hydroxyl groups excluding tert-OH is 1. The van der Waals surface area contributed by atoms with Crippen molar-refractivity contribution < 1.29 is 19.4 Å². The molecule has 6 nitrogen and oxygen atoms in total. The number of alkyl carbamates (subject to hydrolysis) is 1. The van der Waals surface area contributed by atoms with Gasteiger partial charge in [-0.25, -0.2) is 4.79 Å². The number of nitrogens with zero attached hydrogens (tertiary/aromatic N) is 1. The molecule has 0 bridgehead atoms. The number of nitrogens with one attached hydrogen (secondary N) is 1. The molecule has 0 aliphatic carbocycles. The van der Waals surface area contributed by atoms with Gasteiger partial charge in [-0.2, -0.15) is 0 Å². The van der Waals surface area contributed by atoms with Crippen LogP contribution in [0.5, 0.6) is 0 Å². The molecule has 2 atom stereocenters. The van der Waals surface area contributed by atoms with Crippen LogP contribution in [0, 0.1) is 6.92 Å². The van der Waals surface area contributed by atoms with Gasteiger partial charge in [-0.1, -0.05) is 23.7 Å². The van der Waals surface area contributed by atoms with Crippen LogP contribution in [0.1, 0.15) is 50.8 Å². The minimum atomic E-state index is -0.818. The fraction of sp³-hybridized carbons (Fsp3) is 0.579. The van der Waals surface area contributed by atoms with Gasteiger partial charge in [0.2, 0.25) is 5.91 Å². The molecule has 1 heterocycles. The first-order valence-electron chi connectivity index (χ1n) is 8.79. The number of rotatable bonds is 5. The molecule has 1 aliphatic heterocycles. The summed E-state index contributed by atoms with van der Waals surface area (Å²) in [7, 11) is 0. The van der Waals surface area contributed by atoms with E-state index in [2.05, 4.69) is 5.32 Å². The third kappa shape index (κ3) is 5.11. The summed E-state index contributed by atoms with van der Waals surface area (Å²) in [5.41, 5.74) is 0.964. The Morgan fingerprint density at radius 3 is 2.81 bits per heavy atom. The summed E-state index contributed by atoms with van der Waals surface area (Å²) in [6.45, 7) is 7.80. The molecule has 1 saturated heterocycles. The van der Waals surface area contributed by atoms with Crippen LogP contribution in [0.15, 0.2) is 18.2 Å². The summed E-state index contributed by atoms with van der Waals surface area (Å²) in [4.78, 5) is 25.6. The molecule has 2 amide bonds. The Hall–Kier alpha value is -1.79. The fourth-order valence-corrected chi connectivity index (χ4v) is 3.30. The van der Waals surface area contributed by atoms with E-state index in [4.69, 9.17) is 16.3 Å². The molecule has 0 saturated carbocycles. The van der Waals surface area contributed by atoms with Crippen molar-refractivity contribution in [1.82, 2.24) is 10.2 Å². The molecule has 1 aromatic carbocycles. The van der Waals surface area contributed by atoms with E-state index in [9.17, 15) is 14.7 Å². The number of amides is 2. The molecule has 1 fully saturated rings. The Balaban J connectivity index is 2.00. The molecule has 0 spiro atoms. The summed E-state index contributed by atoms with van der Waals surface area (Å²) >= 11 is 6.15. The van der Waals surface area contributed by atoms with E-state index < -0.39 is 17.8 Å². The average Bonchev–Trinajstić information content (AvgIpc) is 2.89. The number of carbonyl (C=O) groups excluding carboxylic acids is 2. The molecule has 1 unspecified atom stereocenters. The van der Waals surface area contributed by atoms with Gasteiger partial charge in [0.15, 0.2) is 0 Å². The van der Waals surface area contributed by atoms with Crippen LogP contribution in [-0.4, -0.2) is 46.7 Å². The van der Waals surface area contributed by atoms with Crippen molar-refractivity contribution in [2.75, 3.05) is 13.1 Å². The van der Waals surface area contributed by atoms with Gasteiger partial charge >= 0.3 is 6.09 Å². The lowest BCUT2D eigenvalue weighted by Crippen LogP contribution is -2.43. The maximum atomic E-state index is 12.2. The molecule has 0 aromatic heterocycles. The van der Waals surface area contributed by atoms with Crippen LogP contribution in [-0.2, 0) is 9.53 Å². The van der Waals surface area contributed by atoms with Gasteiger partial charge in [-0.15, -0.1) is 0 Å². The Bertz CT molecular complexity index is 672. The number of aliphatic hydroxyl groups is 1. The predicted octanol–water partition coefficient (Wildman–Crippen LogP) is 3.20. The van der Waals surface area contributed by atoms with Crippen molar-refractivity contribution in [3.05, 3.63) is 34.3 Å². The van der Waals surface area contributed by atoms with Crippen molar-refractivity contribution in [2.24, 2.45) is 0 Å². The summed E-state index contributed by atoms with van der Waals surface area (Å²) in [6.07, 6.45) is -0.389. The monoisotopic (exact) mass is 382 g/mol. The van der Waals surface area contributed by atoms with Crippen LogP contribution < -0.4 is 5.32 Å². The Kier molecular flexibility index (Phi) is 6.53. The average molecular weight is 383 g/mol. The third-order valence-corrected chi connectivity index (χ3v) is 4.80. The molecular weight excluding hydrogens is 356 g/mol. The van der Waals surface area contributed by atoms with Gasteiger partial charge in [-0.3, -0.25) is 4.79 Å². The summed E-state index contributed by atoms with van der Waals surface area (Å²) in [5, 5.41) is 14.0. The number of carbonyl (C=O) groups is 2. The fourth-order valence-electron chi connectivity index (χ4n) is 3.12. The van der Waals surface area contributed by atoms with Crippen molar-refractivity contribution in [3.8, 4) is 0 Å². The molecule has 1 aromatic rings. The van der Waals surface area contributed by atoms with Gasteiger partial charge in [0, 0.05) is 24.5 Å². The molecule has 2 N–H and O–H groups in total.